The van der Waals surface area contributed by atoms with Gasteiger partial charge in [0.25, 0.3) is 5.91 Å². The van der Waals surface area contributed by atoms with Crippen LogP contribution in [0, 0.1) is 0 Å². The second-order valence-electron chi connectivity index (χ2n) is 4.69. The quantitative estimate of drug-likeness (QED) is 0.674. The monoisotopic (exact) mass is 363 g/mol. The van der Waals surface area contributed by atoms with E-state index >= 15 is 0 Å². The van der Waals surface area contributed by atoms with Crippen molar-refractivity contribution in [3.05, 3.63) is 33.9 Å². The normalized spacial score (nSPS) is 10.6. The fraction of sp³-hybridized carbons (Fsp3) is 0.214. The summed E-state index contributed by atoms with van der Waals surface area (Å²) in [6.45, 7) is 1.92. The highest BCUT2D eigenvalue weighted by Crippen LogP contribution is 2.26. The summed E-state index contributed by atoms with van der Waals surface area (Å²) < 4.78 is 8.45. The van der Waals surface area contributed by atoms with Crippen molar-refractivity contribution < 1.29 is 14.3 Å². The van der Waals surface area contributed by atoms with Crippen LogP contribution in [-0.4, -0.2) is 38.5 Å². The molecule has 3 aromatic heterocycles. The maximum Gasteiger partial charge on any atom is 0.354 e. The second kappa shape index (κ2) is 6.89. The number of thiazole rings is 1. The number of aromatic nitrogens is 4. The first kappa shape index (κ1) is 16.3. The van der Waals surface area contributed by atoms with E-state index in [0.717, 1.165) is 17.1 Å². The van der Waals surface area contributed by atoms with E-state index in [-0.39, 0.29) is 5.91 Å². The van der Waals surface area contributed by atoms with E-state index in [4.69, 9.17) is 0 Å². The molecule has 10 heteroatoms. The molecule has 1 amide bonds. The number of hydrogen-bond acceptors (Lipinski definition) is 8. The Hall–Kier alpha value is -2.59. The molecule has 0 spiro atoms. The van der Waals surface area contributed by atoms with E-state index in [1.807, 2.05) is 6.92 Å². The molecule has 0 aliphatic rings. The van der Waals surface area contributed by atoms with E-state index < -0.39 is 5.97 Å². The number of hydrogen-bond donors (Lipinski definition) is 2. The number of carbonyl (C=O) groups excluding carboxylic acids is 2. The first-order valence-corrected chi connectivity index (χ1v) is 8.63. The molecule has 0 aliphatic carbocycles. The number of H-pyrrole nitrogens is 1. The zero-order chi connectivity index (χ0) is 17.1. The van der Waals surface area contributed by atoms with Gasteiger partial charge < -0.3 is 9.72 Å². The highest BCUT2D eigenvalue weighted by molar-refractivity contribution is 7.14. The Bertz CT molecular complexity index is 882. The van der Waals surface area contributed by atoms with Crippen LogP contribution in [-0.2, 0) is 11.2 Å². The van der Waals surface area contributed by atoms with Gasteiger partial charge in [-0.2, -0.15) is 0 Å². The molecule has 0 radical (unpaired) electrons. The average molecular weight is 363 g/mol. The van der Waals surface area contributed by atoms with Crippen molar-refractivity contribution in [1.29, 1.82) is 0 Å². The van der Waals surface area contributed by atoms with Gasteiger partial charge in [-0.1, -0.05) is 11.4 Å². The summed E-state index contributed by atoms with van der Waals surface area (Å²) in [5, 5.41) is 8.93. The largest absolute Gasteiger partial charge is 0.464 e. The second-order valence-corrected chi connectivity index (χ2v) is 6.30. The molecule has 8 nitrogen and oxygen atoms in total. The van der Waals surface area contributed by atoms with Crippen LogP contribution >= 0.6 is 22.9 Å². The Morgan fingerprint density at radius 3 is 3.00 bits per heavy atom. The van der Waals surface area contributed by atoms with Crippen molar-refractivity contribution in [3.63, 3.8) is 0 Å². The summed E-state index contributed by atoms with van der Waals surface area (Å²) in [5.74, 6) is -0.720. The molecule has 0 bridgehead atoms. The first-order chi connectivity index (χ1) is 11.6. The summed E-state index contributed by atoms with van der Waals surface area (Å²) in [6, 6.07) is 1.65. The Balaban J connectivity index is 1.75. The van der Waals surface area contributed by atoms with Gasteiger partial charge in [0.05, 0.1) is 18.5 Å². The highest BCUT2D eigenvalue weighted by atomic mass is 32.1. The SMILES string of the molecule is CCc1nnsc1C(=O)Nc1nc(-c2c[nH]c(C(=O)OC)c2)cs1. The molecule has 0 saturated heterocycles. The topological polar surface area (TPSA) is 110 Å². The van der Waals surface area contributed by atoms with Gasteiger partial charge in [0.1, 0.15) is 10.6 Å². The molecule has 3 heterocycles. The number of aromatic amines is 1. The minimum absolute atomic E-state index is 0.271. The summed E-state index contributed by atoms with van der Waals surface area (Å²) in [6.07, 6.45) is 2.30. The van der Waals surface area contributed by atoms with E-state index in [1.165, 1.54) is 18.4 Å². The predicted octanol–water partition coefficient (Wildman–Crippen LogP) is 2.59. The minimum atomic E-state index is -0.449. The zero-order valence-corrected chi connectivity index (χ0v) is 14.5. The summed E-state index contributed by atoms with van der Waals surface area (Å²) in [7, 11) is 1.32. The Morgan fingerprint density at radius 2 is 2.25 bits per heavy atom. The summed E-state index contributed by atoms with van der Waals surface area (Å²) in [5.41, 5.74) is 2.40. The van der Waals surface area contributed by atoms with Gasteiger partial charge in [-0.25, -0.2) is 9.78 Å². The lowest BCUT2D eigenvalue weighted by molar-refractivity contribution is 0.0594. The van der Waals surface area contributed by atoms with Crippen LogP contribution in [0.2, 0.25) is 0 Å². The molecule has 3 rings (SSSR count). The number of methoxy groups -OCH3 is 1. The Kier molecular flexibility index (Phi) is 4.67. The molecular formula is C14H13N5O3S2. The molecule has 0 atom stereocenters. The van der Waals surface area contributed by atoms with Crippen LogP contribution in [0.4, 0.5) is 5.13 Å². The number of amides is 1. The number of nitrogens with zero attached hydrogens (tertiary/aromatic N) is 3. The lowest BCUT2D eigenvalue weighted by Gasteiger charge is -1.99. The number of esters is 1. The zero-order valence-electron chi connectivity index (χ0n) is 12.8. The summed E-state index contributed by atoms with van der Waals surface area (Å²) in [4.78, 5) is 31.4. The van der Waals surface area contributed by atoms with Crippen LogP contribution < -0.4 is 5.32 Å². The smallest absolute Gasteiger partial charge is 0.354 e. The molecule has 124 valence electrons. The Labute approximate surface area is 145 Å². The molecule has 0 aromatic carbocycles. The van der Waals surface area contributed by atoms with Crippen LogP contribution in [0.1, 0.15) is 32.8 Å². The van der Waals surface area contributed by atoms with Crippen molar-refractivity contribution in [2.24, 2.45) is 0 Å². The van der Waals surface area contributed by atoms with Crippen molar-refractivity contribution in [3.8, 4) is 11.3 Å². The third-order valence-corrected chi connectivity index (χ3v) is 4.73. The molecule has 24 heavy (non-hydrogen) atoms. The average Bonchev–Trinajstić information content (AvgIpc) is 3.32. The van der Waals surface area contributed by atoms with Crippen molar-refractivity contribution in [1.82, 2.24) is 19.6 Å². The van der Waals surface area contributed by atoms with Crippen LogP contribution in [0.15, 0.2) is 17.6 Å². The maximum atomic E-state index is 12.3. The standard InChI is InChI=1S/C14H13N5O3S2/c1-3-8-11(24-19-18-8)12(20)17-14-16-10(6-23-14)7-4-9(15-5-7)13(21)22-2/h4-6,15H,3H2,1-2H3,(H,16,17,20). The number of carbonyl (C=O) groups is 2. The molecular weight excluding hydrogens is 350 g/mol. The van der Waals surface area contributed by atoms with Gasteiger partial charge >= 0.3 is 5.97 Å². The fourth-order valence-electron chi connectivity index (χ4n) is 2.00. The highest BCUT2D eigenvalue weighted by Gasteiger charge is 2.17. The molecule has 3 aromatic rings. The van der Waals surface area contributed by atoms with E-state index in [9.17, 15) is 9.59 Å². The molecule has 0 aliphatic heterocycles. The van der Waals surface area contributed by atoms with Crippen molar-refractivity contribution in [2.45, 2.75) is 13.3 Å². The number of nitrogens with one attached hydrogen (secondary N) is 2. The predicted molar refractivity (Wildman–Crippen MR) is 90.5 cm³/mol. The molecule has 0 fully saturated rings. The van der Waals surface area contributed by atoms with Gasteiger partial charge in [-0.15, -0.1) is 16.4 Å². The van der Waals surface area contributed by atoms with Crippen LogP contribution in [0.5, 0.6) is 0 Å². The van der Waals surface area contributed by atoms with E-state index in [1.54, 1.807) is 17.6 Å². The van der Waals surface area contributed by atoms with Gasteiger partial charge in [0.15, 0.2) is 5.13 Å². The minimum Gasteiger partial charge on any atom is -0.464 e. The van der Waals surface area contributed by atoms with E-state index in [2.05, 4.69) is 29.6 Å². The van der Waals surface area contributed by atoms with Crippen molar-refractivity contribution >= 4 is 39.9 Å². The van der Waals surface area contributed by atoms with Gasteiger partial charge in [-0.05, 0) is 24.0 Å². The van der Waals surface area contributed by atoms with Gasteiger partial charge in [0, 0.05) is 17.1 Å². The third-order valence-electron chi connectivity index (χ3n) is 3.21. The van der Waals surface area contributed by atoms with Crippen LogP contribution in [0.25, 0.3) is 11.3 Å². The molecule has 0 unspecified atom stereocenters. The van der Waals surface area contributed by atoms with Crippen molar-refractivity contribution in [2.75, 3.05) is 12.4 Å². The van der Waals surface area contributed by atoms with E-state index in [0.29, 0.717) is 33.5 Å². The van der Waals surface area contributed by atoms with Gasteiger partial charge in [-0.3, -0.25) is 10.1 Å². The molecule has 2 N–H and O–H groups in total. The third kappa shape index (κ3) is 3.19. The number of aryl methyl sites for hydroxylation is 1. The van der Waals surface area contributed by atoms with Crippen LogP contribution in [0.3, 0.4) is 0 Å². The Morgan fingerprint density at radius 1 is 1.42 bits per heavy atom. The lowest BCUT2D eigenvalue weighted by atomic mass is 10.2. The molecule has 0 saturated carbocycles. The summed E-state index contributed by atoms with van der Waals surface area (Å²) >= 11 is 2.36. The number of rotatable bonds is 5. The fourth-order valence-corrected chi connectivity index (χ4v) is 3.36. The maximum absolute atomic E-state index is 12.3. The van der Waals surface area contributed by atoms with Gasteiger partial charge in [0.2, 0.25) is 0 Å². The number of anilines is 1. The first-order valence-electron chi connectivity index (χ1n) is 6.97. The number of ether oxygens (including phenoxy) is 1. The lowest BCUT2D eigenvalue weighted by Crippen LogP contribution is -2.12.